The summed E-state index contributed by atoms with van der Waals surface area (Å²) in [5.74, 6) is -0.312. The van der Waals surface area contributed by atoms with Crippen LogP contribution >= 0.6 is 0 Å². The highest BCUT2D eigenvalue weighted by Crippen LogP contribution is 2.35. The minimum absolute atomic E-state index is 0.265. The van der Waals surface area contributed by atoms with Crippen LogP contribution in [0, 0.1) is 0 Å². The normalized spacial score (nSPS) is 18.8. The van der Waals surface area contributed by atoms with Crippen molar-refractivity contribution in [3.63, 3.8) is 0 Å². The molecule has 3 heteroatoms. The van der Waals surface area contributed by atoms with Crippen LogP contribution in [0.25, 0.3) is 0 Å². The van der Waals surface area contributed by atoms with Crippen LogP contribution in [0.5, 0.6) is 0 Å². The van der Waals surface area contributed by atoms with E-state index >= 15 is 0 Å². The Morgan fingerprint density at radius 2 is 0.913 bits per heavy atom. The summed E-state index contributed by atoms with van der Waals surface area (Å²) in [4.78, 5) is 2.26. The molecule has 0 aliphatic carbocycles. The summed E-state index contributed by atoms with van der Waals surface area (Å²) < 4.78 is 13.2. The van der Waals surface area contributed by atoms with Crippen LogP contribution in [0.1, 0.15) is 200 Å². The van der Waals surface area contributed by atoms with Gasteiger partial charge in [-0.15, -0.1) is 0 Å². The van der Waals surface area contributed by atoms with Gasteiger partial charge in [0.15, 0.2) is 5.79 Å². The first-order chi connectivity index (χ1) is 22.6. The van der Waals surface area contributed by atoms with Crippen molar-refractivity contribution in [3.05, 3.63) is 36.5 Å². The van der Waals surface area contributed by atoms with Gasteiger partial charge in [0.25, 0.3) is 0 Å². The third kappa shape index (κ3) is 27.1. The van der Waals surface area contributed by atoms with Crippen LogP contribution in [0.2, 0.25) is 0 Å². The van der Waals surface area contributed by atoms with E-state index in [0.717, 1.165) is 38.8 Å². The van der Waals surface area contributed by atoms with Crippen LogP contribution in [0.15, 0.2) is 36.5 Å². The summed E-state index contributed by atoms with van der Waals surface area (Å²) in [5, 5.41) is 0. The quantitative estimate of drug-likeness (QED) is 0.0514. The van der Waals surface area contributed by atoms with Crippen molar-refractivity contribution in [2.24, 2.45) is 0 Å². The monoisotopic (exact) mass is 644 g/mol. The van der Waals surface area contributed by atoms with Crippen molar-refractivity contribution in [2.75, 3.05) is 27.2 Å². The Morgan fingerprint density at radius 3 is 1.39 bits per heavy atom. The molecule has 270 valence electrons. The summed E-state index contributed by atoms with van der Waals surface area (Å²) in [6, 6.07) is 0. The molecule has 46 heavy (non-hydrogen) atoms. The molecule has 0 bridgehead atoms. The Balaban J connectivity index is 2.14. The van der Waals surface area contributed by atoms with Crippen LogP contribution in [-0.4, -0.2) is 44.0 Å². The molecule has 0 aromatic heterocycles. The third-order valence-corrected chi connectivity index (χ3v) is 9.64. The second-order valence-electron chi connectivity index (χ2n) is 14.6. The van der Waals surface area contributed by atoms with E-state index in [4.69, 9.17) is 9.47 Å². The molecule has 1 heterocycles. The fourth-order valence-electron chi connectivity index (χ4n) is 6.57. The van der Waals surface area contributed by atoms with E-state index in [1.807, 2.05) is 0 Å². The van der Waals surface area contributed by atoms with E-state index in [2.05, 4.69) is 69.3 Å². The predicted molar refractivity (Wildman–Crippen MR) is 205 cm³/mol. The summed E-state index contributed by atoms with van der Waals surface area (Å²) >= 11 is 0. The molecule has 1 saturated heterocycles. The van der Waals surface area contributed by atoms with Crippen molar-refractivity contribution in [2.45, 2.75) is 212 Å². The second-order valence-corrected chi connectivity index (χ2v) is 14.6. The summed E-state index contributed by atoms with van der Waals surface area (Å²) in [5.41, 5.74) is 0. The van der Waals surface area contributed by atoms with E-state index < -0.39 is 0 Å². The Hall–Kier alpha value is -0.900. The fourth-order valence-corrected chi connectivity index (χ4v) is 6.57. The molecule has 0 aromatic rings. The number of hydrogen-bond acceptors (Lipinski definition) is 3. The standard InChI is InChI=1S/C43H81NO2/c1-5-7-9-11-13-15-17-19-21-23-25-27-29-31-33-35-38-43(45-41-42(46-43)37-40-44(3)4)39-36-34-32-30-28-26-24-22-20-18-16-14-12-10-8-6-2/h13,15,19-22,42H,5-12,14,16-18,23-41H2,1-4H3. The van der Waals surface area contributed by atoms with Crippen LogP contribution < -0.4 is 0 Å². The van der Waals surface area contributed by atoms with Crippen LogP contribution in [0.3, 0.4) is 0 Å². The average molecular weight is 644 g/mol. The van der Waals surface area contributed by atoms with E-state index in [1.54, 1.807) is 0 Å². The highest BCUT2D eigenvalue weighted by Gasteiger charge is 2.40. The molecular weight excluding hydrogens is 562 g/mol. The zero-order valence-corrected chi connectivity index (χ0v) is 31.7. The Labute approximate surface area is 289 Å². The number of allylic oxidation sites excluding steroid dienone is 6. The van der Waals surface area contributed by atoms with Gasteiger partial charge in [0.05, 0.1) is 12.7 Å². The SMILES string of the molecule is CCCCCC=CCC=CCCCCCCCCC1(CCCCCCCCC=CCCCCCCCC)OCC(CCN(C)C)O1. The van der Waals surface area contributed by atoms with E-state index in [-0.39, 0.29) is 11.9 Å². The highest BCUT2D eigenvalue weighted by molar-refractivity contribution is 4.92. The Bertz CT molecular complexity index is 714. The zero-order chi connectivity index (χ0) is 33.2. The first-order valence-electron chi connectivity index (χ1n) is 20.5. The molecule has 0 spiro atoms. The molecule has 1 aliphatic heterocycles. The molecular formula is C43H81NO2. The second kappa shape index (κ2) is 32.6. The fraction of sp³-hybridized carbons (Fsp3) is 0.860. The van der Waals surface area contributed by atoms with Crippen molar-refractivity contribution in [3.8, 4) is 0 Å². The predicted octanol–water partition coefficient (Wildman–Crippen LogP) is 13.7. The molecule has 3 nitrogen and oxygen atoms in total. The minimum Gasteiger partial charge on any atom is -0.347 e. The smallest absolute Gasteiger partial charge is 0.168 e. The van der Waals surface area contributed by atoms with Gasteiger partial charge in [0.2, 0.25) is 0 Å². The summed E-state index contributed by atoms with van der Waals surface area (Å²) in [6.07, 6.45) is 52.3. The van der Waals surface area contributed by atoms with Crippen molar-refractivity contribution in [1.29, 1.82) is 0 Å². The van der Waals surface area contributed by atoms with E-state index in [1.165, 1.54) is 161 Å². The topological polar surface area (TPSA) is 21.7 Å². The van der Waals surface area contributed by atoms with Gasteiger partial charge in [-0.25, -0.2) is 0 Å². The Morgan fingerprint density at radius 1 is 0.522 bits per heavy atom. The number of unbranched alkanes of at least 4 members (excludes halogenated alkanes) is 21. The molecule has 0 amide bonds. The van der Waals surface area contributed by atoms with Gasteiger partial charge in [-0.2, -0.15) is 0 Å². The zero-order valence-electron chi connectivity index (χ0n) is 31.7. The first kappa shape index (κ1) is 43.1. The molecule has 1 rings (SSSR count). The first-order valence-corrected chi connectivity index (χ1v) is 20.5. The van der Waals surface area contributed by atoms with Crippen molar-refractivity contribution < 1.29 is 9.47 Å². The van der Waals surface area contributed by atoms with E-state index in [0.29, 0.717) is 0 Å². The number of nitrogens with zero attached hydrogens (tertiary/aromatic N) is 1. The molecule has 0 radical (unpaired) electrons. The van der Waals surface area contributed by atoms with Crippen LogP contribution in [0.4, 0.5) is 0 Å². The van der Waals surface area contributed by atoms with Gasteiger partial charge in [-0.3, -0.25) is 0 Å². The van der Waals surface area contributed by atoms with Crippen molar-refractivity contribution in [1.82, 2.24) is 4.90 Å². The maximum absolute atomic E-state index is 6.68. The highest BCUT2D eigenvalue weighted by atomic mass is 16.7. The molecule has 0 saturated carbocycles. The lowest BCUT2D eigenvalue weighted by Crippen LogP contribution is -2.31. The lowest BCUT2D eigenvalue weighted by Gasteiger charge is -2.29. The minimum atomic E-state index is -0.312. The molecule has 2 unspecified atom stereocenters. The number of ether oxygens (including phenoxy) is 2. The lowest BCUT2D eigenvalue weighted by atomic mass is 9.98. The van der Waals surface area contributed by atoms with Gasteiger partial charge >= 0.3 is 0 Å². The maximum Gasteiger partial charge on any atom is 0.168 e. The summed E-state index contributed by atoms with van der Waals surface area (Å²) in [6.45, 7) is 6.42. The van der Waals surface area contributed by atoms with Gasteiger partial charge in [-0.05, 0) is 91.1 Å². The lowest BCUT2D eigenvalue weighted by molar-refractivity contribution is -0.180. The van der Waals surface area contributed by atoms with Crippen molar-refractivity contribution >= 4 is 0 Å². The largest absolute Gasteiger partial charge is 0.347 e. The number of rotatable bonds is 34. The van der Waals surface area contributed by atoms with E-state index in [9.17, 15) is 0 Å². The van der Waals surface area contributed by atoms with Gasteiger partial charge in [0.1, 0.15) is 0 Å². The molecule has 0 aromatic carbocycles. The number of hydrogen-bond donors (Lipinski definition) is 0. The maximum atomic E-state index is 6.68. The molecule has 2 atom stereocenters. The molecule has 1 fully saturated rings. The van der Waals surface area contributed by atoms with Gasteiger partial charge in [0, 0.05) is 19.4 Å². The summed E-state index contributed by atoms with van der Waals surface area (Å²) in [7, 11) is 4.31. The molecule has 0 N–H and O–H groups in total. The van der Waals surface area contributed by atoms with Gasteiger partial charge in [-0.1, -0.05) is 147 Å². The molecule has 1 aliphatic rings. The van der Waals surface area contributed by atoms with Gasteiger partial charge < -0.3 is 14.4 Å². The third-order valence-electron chi connectivity index (χ3n) is 9.64. The Kier molecular flexibility index (Phi) is 30.6. The van der Waals surface area contributed by atoms with Crippen LogP contribution in [-0.2, 0) is 9.47 Å². The average Bonchev–Trinajstić information content (AvgIpc) is 3.46.